The fraction of sp³-hybridized carbons (Fsp3) is 0.348. The molecule has 4 heteroatoms. The molecule has 2 aromatic carbocycles. The molecule has 0 atom stereocenters. The molecule has 1 aliphatic heterocycles. The molecule has 0 bridgehead atoms. The summed E-state index contributed by atoms with van der Waals surface area (Å²) in [5.74, 6) is 1.33. The molecule has 0 spiro atoms. The highest BCUT2D eigenvalue weighted by atomic mass is 16.5. The smallest absolute Gasteiger partial charge is 0.189 e. The third kappa shape index (κ3) is 3.62. The van der Waals surface area contributed by atoms with E-state index in [1.54, 1.807) is 20.3 Å². The number of ether oxygens (including phenoxy) is 2. The first-order chi connectivity index (χ1) is 13.2. The lowest BCUT2D eigenvalue weighted by molar-refractivity contribution is 0.104. The minimum Gasteiger partial charge on any atom is -0.493 e. The molecule has 2 aromatic rings. The zero-order valence-corrected chi connectivity index (χ0v) is 16.0. The quantitative estimate of drug-likeness (QED) is 0.749. The van der Waals surface area contributed by atoms with Gasteiger partial charge in [-0.15, -0.1) is 0 Å². The summed E-state index contributed by atoms with van der Waals surface area (Å²) in [6.07, 6.45) is 5.25. The molecule has 27 heavy (non-hydrogen) atoms. The van der Waals surface area contributed by atoms with E-state index < -0.39 is 0 Å². The molecule has 0 unspecified atom stereocenters. The molecule has 2 aliphatic rings. The predicted molar refractivity (Wildman–Crippen MR) is 107 cm³/mol. The van der Waals surface area contributed by atoms with Crippen molar-refractivity contribution in [3.8, 4) is 11.5 Å². The highest BCUT2D eigenvalue weighted by molar-refractivity contribution is 6.15. The van der Waals surface area contributed by atoms with Crippen LogP contribution in [0.3, 0.4) is 0 Å². The summed E-state index contributed by atoms with van der Waals surface area (Å²) >= 11 is 0. The highest BCUT2D eigenvalue weighted by Crippen LogP contribution is 2.37. The van der Waals surface area contributed by atoms with Gasteiger partial charge in [-0.3, -0.25) is 9.69 Å². The zero-order chi connectivity index (χ0) is 18.8. The first kappa shape index (κ1) is 17.8. The van der Waals surface area contributed by atoms with E-state index in [1.165, 1.54) is 31.5 Å². The molecule has 4 rings (SSSR count). The predicted octanol–water partition coefficient (Wildman–Crippen LogP) is 4.12. The van der Waals surface area contributed by atoms with Gasteiger partial charge in [0.05, 0.1) is 14.2 Å². The molecule has 0 N–H and O–H groups in total. The summed E-state index contributed by atoms with van der Waals surface area (Å²) in [5, 5.41) is 0. The lowest BCUT2D eigenvalue weighted by Gasteiger charge is -2.14. The molecule has 4 nitrogen and oxygen atoms in total. The average Bonchev–Trinajstić information content (AvgIpc) is 3.30. The van der Waals surface area contributed by atoms with Crippen LogP contribution in [0.1, 0.15) is 39.9 Å². The number of hydrogen-bond acceptors (Lipinski definition) is 4. The zero-order valence-electron chi connectivity index (χ0n) is 16.0. The summed E-state index contributed by atoms with van der Waals surface area (Å²) in [5.41, 5.74) is 4.91. The number of carbonyl (C=O) groups excluding carboxylic acids is 1. The third-order valence-electron chi connectivity index (χ3n) is 5.45. The minimum absolute atomic E-state index is 0.0760. The Morgan fingerprint density at radius 3 is 2.33 bits per heavy atom. The van der Waals surface area contributed by atoms with Crippen molar-refractivity contribution in [1.82, 2.24) is 4.90 Å². The number of Topliss-reactive ketones (excluding diaryl/α,β-unsaturated/α-hetero) is 1. The number of benzene rings is 2. The van der Waals surface area contributed by atoms with Crippen LogP contribution in [0, 0.1) is 0 Å². The van der Waals surface area contributed by atoms with Crippen LogP contribution in [0.15, 0.2) is 42.0 Å². The second kappa shape index (κ2) is 7.57. The standard InChI is InChI=1S/C23H25NO3/c1-26-21-13-18-12-19(23(25)20(18)14-22(21)27-2)11-16-5-7-17(8-6-16)15-24-9-3-4-10-24/h5-8,11,13-14H,3-4,9-10,12,15H2,1-2H3/b19-11+. The van der Waals surface area contributed by atoms with Gasteiger partial charge < -0.3 is 9.47 Å². The lowest BCUT2D eigenvalue weighted by Crippen LogP contribution is -2.18. The van der Waals surface area contributed by atoms with Gasteiger partial charge in [-0.05, 0) is 60.8 Å². The van der Waals surface area contributed by atoms with E-state index in [2.05, 4.69) is 29.2 Å². The number of ketones is 1. The molecule has 0 aromatic heterocycles. The number of rotatable bonds is 5. The second-order valence-electron chi connectivity index (χ2n) is 7.26. The Labute approximate surface area is 160 Å². The van der Waals surface area contributed by atoms with E-state index in [1.807, 2.05) is 12.1 Å². The molecule has 140 valence electrons. The van der Waals surface area contributed by atoms with Crippen LogP contribution in [0.25, 0.3) is 6.08 Å². The number of allylic oxidation sites excluding steroid dienone is 1. The maximum atomic E-state index is 12.8. The van der Waals surface area contributed by atoms with Crippen LogP contribution in [0.2, 0.25) is 0 Å². The normalized spacial score (nSPS) is 18.1. The van der Waals surface area contributed by atoms with Crippen LogP contribution in [0.4, 0.5) is 0 Å². The largest absolute Gasteiger partial charge is 0.493 e. The van der Waals surface area contributed by atoms with Crippen molar-refractivity contribution in [2.75, 3.05) is 27.3 Å². The average molecular weight is 363 g/mol. The van der Waals surface area contributed by atoms with Gasteiger partial charge in [0.1, 0.15) is 0 Å². The van der Waals surface area contributed by atoms with Crippen molar-refractivity contribution in [2.45, 2.75) is 25.8 Å². The van der Waals surface area contributed by atoms with E-state index in [0.717, 1.165) is 23.2 Å². The maximum Gasteiger partial charge on any atom is 0.189 e. The van der Waals surface area contributed by atoms with Crippen LogP contribution in [-0.4, -0.2) is 38.0 Å². The van der Waals surface area contributed by atoms with Gasteiger partial charge >= 0.3 is 0 Å². The van der Waals surface area contributed by atoms with Gasteiger partial charge in [-0.25, -0.2) is 0 Å². The Kier molecular flexibility index (Phi) is 4.99. The molecular weight excluding hydrogens is 338 g/mol. The minimum atomic E-state index is 0.0760. The summed E-state index contributed by atoms with van der Waals surface area (Å²) in [4.78, 5) is 15.3. The number of methoxy groups -OCH3 is 2. The number of nitrogens with zero attached hydrogens (tertiary/aromatic N) is 1. The highest BCUT2D eigenvalue weighted by Gasteiger charge is 2.27. The topological polar surface area (TPSA) is 38.8 Å². The number of hydrogen-bond donors (Lipinski definition) is 0. The molecule has 0 radical (unpaired) electrons. The van der Waals surface area contributed by atoms with Gasteiger partial charge in [0.15, 0.2) is 17.3 Å². The second-order valence-corrected chi connectivity index (χ2v) is 7.26. The van der Waals surface area contributed by atoms with E-state index in [9.17, 15) is 4.79 Å². The molecule has 1 heterocycles. The van der Waals surface area contributed by atoms with Gasteiger partial charge in [0.25, 0.3) is 0 Å². The Bertz CT molecular complexity index is 877. The molecule has 0 amide bonds. The first-order valence-electron chi connectivity index (χ1n) is 9.49. The van der Waals surface area contributed by atoms with Gasteiger partial charge in [0.2, 0.25) is 0 Å². The monoisotopic (exact) mass is 363 g/mol. The van der Waals surface area contributed by atoms with Crippen molar-refractivity contribution in [3.05, 3.63) is 64.2 Å². The van der Waals surface area contributed by atoms with Crippen LogP contribution in [-0.2, 0) is 13.0 Å². The Balaban J connectivity index is 1.53. The van der Waals surface area contributed by atoms with Gasteiger partial charge in [-0.2, -0.15) is 0 Å². The Morgan fingerprint density at radius 2 is 1.67 bits per heavy atom. The van der Waals surface area contributed by atoms with Crippen molar-refractivity contribution in [1.29, 1.82) is 0 Å². The van der Waals surface area contributed by atoms with E-state index in [4.69, 9.17) is 9.47 Å². The lowest BCUT2D eigenvalue weighted by atomic mass is 10.1. The summed E-state index contributed by atoms with van der Waals surface area (Å²) in [6.45, 7) is 3.41. The molecule has 0 saturated carbocycles. The van der Waals surface area contributed by atoms with Crippen LogP contribution < -0.4 is 9.47 Å². The molecular formula is C23H25NO3. The van der Waals surface area contributed by atoms with Crippen molar-refractivity contribution in [3.63, 3.8) is 0 Å². The van der Waals surface area contributed by atoms with Crippen LogP contribution >= 0.6 is 0 Å². The summed E-state index contributed by atoms with van der Waals surface area (Å²) in [7, 11) is 3.20. The Morgan fingerprint density at radius 1 is 1.00 bits per heavy atom. The summed E-state index contributed by atoms with van der Waals surface area (Å²) in [6, 6.07) is 12.3. The van der Waals surface area contributed by atoms with Crippen LogP contribution in [0.5, 0.6) is 11.5 Å². The van der Waals surface area contributed by atoms with E-state index >= 15 is 0 Å². The Hall–Kier alpha value is -2.59. The van der Waals surface area contributed by atoms with E-state index in [-0.39, 0.29) is 5.78 Å². The molecule has 1 saturated heterocycles. The van der Waals surface area contributed by atoms with Crippen molar-refractivity contribution in [2.24, 2.45) is 0 Å². The fourth-order valence-corrected chi connectivity index (χ4v) is 3.97. The van der Waals surface area contributed by atoms with Crippen molar-refractivity contribution >= 4 is 11.9 Å². The first-order valence-corrected chi connectivity index (χ1v) is 9.49. The third-order valence-corrected chi connectivity index (χ3v) is 5.45. The maximum absolute atomic E-state index is 12.8. The van der Waals surface area contributed by atoms with Gasteiger partial charge in [-0.1, -0.05) is 24.3 Å². The molecule has 1 aliphatic carbocycles. The SMILES string of the molecule is COc1cc2c(cc1OC)C(=O)/C(=C/c1ccc(CN3CCCC3)cc1)C2. The molecule has 1 fully saturated rings. The summed E-state index contributed by atoms with van der Waals surface area (Å²) < 4.78 is 10.7. The van der Waals surface area contributed by atoms with Crippen molar-refractivity contribution < 1.29 is 14.3 Å². The van der Waals surface area contributed by atoms with E-state index in [0.29, 0.717) is 23.5 Å². The number of likely N-dealkylation sites (tertiary alicyclic amines) is 1. The number of fused-ring (bicyclic) bond motifs is 1. The fourth-order valence-electron chi connectivity index (χ4n) is 3.97. The van der Waals surface area contributed by atoms with Gasteiger partial charge in [0, 0.05) is 24.1 Å². The number of carbonyl (C=O) groups is 1.